The fourth-order valence-electron chi connectivity index (χ4n) is 3.32. The molecule has 0 aromatic heterocycles. The van der Waals surface area contributed by atoms with Crippen molar-refractivity contribution in [2.45, 2.75) is 70.3 Å². The minimum Gasteiger partial charge on any atom is -0.394 e. The van der Waals surface area contributed by atoms with Crippen molar-refractivity contribution in [3.05, 3.63) is 0 Å². The Kier molecular flexibility index (Phi) is 8.67. The summed E-state index contributed by atoms with van der Waals surface area (Å²) in [5.41, 5.74) is -0.0372. The molecule has 0 aliphatic heterocycles. The lowest BCUT2D eigenvalue weighted by Gasteiger charge is -2.33. The first-order valence-electron chi connectivity index (χ1n) is 8.16. The van der Waals surface area contributed by atoms with Gasteiger partial charge in [0.1, 0.15) is 0 Å². The van der Waals surface area contributed by atoms with E-state index in [4.69, 9.17) is 4.74 Å². The summed E-state index contributed by atoms with van der Waals surface area (Å²) in [6.07, 6.45) is 11.1. The van der Waals surface area contributed by atoms with Crippen LogP contribution in [0.15, 0.2) is 0 Å². The summed E-state index contributed by atoms with van der Waals surface area (Å²) in [7, 11) is 1.98. The summed E-state index contributed by atoms with van der Waals surface area (Å²) in [5, 5.41) is 13.0. The zero-order valence-corrected chi connectivity index (χ0v) is 12.9. The average molecular weight is 271 g/mol. The molecule has 1 aliphatic carbocycles. The number of hydrogen-bond donors (Lipinski definition) is 2. The van der Waals surface area contributed by atoms with Crippen molar-refractivity contribution in [2.24, 2.45) is 5.92 Å². The first-order chi connectivity index (χ1) is 9.29. The number of unbranched alkanes of at least 4 members (excludes halogenated alkanes) is 4. The van der Waals surface area contributed by atoms with E-state index in [9.17, 15) is 5.11 Å². The van der Waals surface area contributed by atoms with Gasteiger partial charge in [0.2, 0.25) is 0 Å². The van der Waals surface area contributed by atoms with Crippen molar-refractivity contribution < 1.29 is 9.84 Å². The van der Waals surface area contributed by atoms with Gasteiger partial charge in [-0.1, -0.05) is 39.0 Å². The molecule has 19 heavy (non-hydrogen) atoms. The first kappa shape index (κ1) is 16.9. The average Bonchev–Trinajstić information content (AvgIpc) is 2.85. The van der Waals surface area contributed by atoms with Gasteiger partial charge in [-0.05, 0) is 38.6 Å². The van der Waals surface area contributed by atoms with E-state index < -0.39 is 0 Å². The van der Waals surface area contributed by atoms with E-state index in [-0.39, 0.29) is 12.1 Å². The molecule has 0 bridgehead atoms. The molecule has 114 valence electrons. The molecule has 0 amide bonds. The maximum atomic E-state index is 9.61. The molecule has 1 aliphatic rings. The topological polar surface area (TPSA) is 41.5 Å². The number of aliphatic hydroxyl groups excluding tert-OH is 1. The zero-order valence-electron chi connectivity index (χ0n) is 12.9. The smallest absolute Gasteiger partial charge is 0.0615 e. The van der Waals surface area contributed by atoms with Crippen LogP contribution in [0.25, 0.3) is 0 Å². The lowest BCUT2D eigenvalue weighted by molar-refractivity contribution is 0.0809. The van der Waals surface area contributed by atoms with Gasteiger partial charge in [0, 0.05) is 18.8 Å². The number of rotatable bonds is 11. The predicted octanol–water partition coefficient (Wildman–Crippen LogP) is 3.11. The molecule has 1 fully saturated rings. The Balaban J connectivity index is 2.05. The van der Waals surface area contributed by atoms with Crippen molar-refractivity contribution >= 4 is 0 Å². The van der Waals surface area contributed by atoms with E-state index in [1.165, 1.54) is 44.9 Å². The normalized spacial score (nSPS) is 27.0. The highest BCUT2D eigenvalue weighted by atomic mass is 16.5. The summed E-state index contributed by atoms with van der Waals surface area (Å²) < 4.78 is 5.75. The van der Waals surface area contributed by atoms with Crippen molar-refractivity contribution in [3.63, 3.8) is 0 Å². The van der Waals surface area contributed by atoms with Crippen molar-refractivity contribution in [1.82, 2.24) is 5.32 Å². The highest BCUT2D eigenvalue weighted by Crippen LogP contribution is 2.37. The summed E-state index contributed by atoms with van der Waals surface area (Å²) >= 11 is 0. The molecule has 0 aromatic carbocycles. The van der Waals surface area contributed by atoms with Crippen LogP contribution in [-0.2, 0) is 4.74 Å². The van der Waals surface area contributed by atoms with Gasteiger partial charge in [0.15, 0.2) is 0 Å². The van der Waals surface area contributed by atoms with Crippen LogP contribution < -0.4 is 5.32 Å². The number of likely N-dealkylation sites (N-methyl/N-ethyl adjacent to an activating group) is 1. The van der Waals surface area contributed by atoms with Crippen LogP contribution in [0, 0.1) is 5.92 Å². The first-order valence-corrected chi connectivity index (χ1v) is 8.16. The van der Waals surface area contributed by atoms with Crippen molar-refractivity contribution in [2.75, 3.05) is 26.9 Å². The van der Waals surface area contributed by atoms with Gasteiger partial charge < -0.3 is 15.2 Å². The summed E-state index contributed by atoms with van der Waals surface area (Å²) in [6, 6.07) is 0. The standard InChI is InChI=1S/C16H33NO2/c1-3-4-5-6-7-12-19-13-10-15-9-8-11-16(15,14-18)17-2/h15,17-18H,3-14H2,1-2H3. The summed E-state index contributed by atoms with van der Waals surface area (Å²) in [4.78, 5) is 0. The third kappa shape index (κ3) is 5.41. The molecular weight excluding hydrogens is 238 g/mol. The lowest BCUT2D eigenvalue weighted by Crippen LogP contribution is -2.49. The molecule has 2 atom stereocenters. The number of nitrogens with one attached hydrogen (secondary N) is 1. The molecule has 1 saturated carbocycles. The van der Waals surface area contributed by atoms with Gasteiger partial charge in [-0.15, -0.1) is 0 Å². The number of aliphatic hydroxyl groups is 1. The van der Waals surface area contributed by atoms with Gasteiger partial charge in [0.05, 0.1) is 6.61 Å². The van der Waals surface area contributed by atoms with Crippen LogP contribution in [-0.4, -0.2) is 37.5 Å². The minimum absolute atomic E-state index is 0.0372. The predicted molar refractivity (Wildman–Crippen MR) is 80.4 cm³/mol. The Morgan fingerprint density at radius 3 is 2.68 bits per heavy atom. The quantitative estimate of drug-likeness (QED) is 0.567. The van der Waals surface area contributed by atoms with Gasteiger partial charge >= 0.3 is 0 Å². The highest BCUT2D eigenvalue weighted by Gasteiger charge is 2.40. The monoisotopic (exact) mass is 271 g/mol. The van der Waals surface area contributed by atoms with Gasteiger partial charge in [-0.3, -0.25) is 0 Å². The maximum Gasteiger partial charge on any atom is 0.0615 e. The maximum absolute atomic E-state index is 9.61. The SMILES string of the molecule is CCCCCCCOCCC1CCCC1(CO)NC. The van der Waals surface area contributed by atoms with Gasteiger partial charge in [-0.25, -0.2) is 0 Å². The van der Waals surface area contributed by atoms with E-state index in [1.54, 1.807) is 0 Å². The second-order valence-electron chi connectivity index (χ2n) is 5.97. The Hall–Kier alpha value is -0.120. The van der Waals surface area contributed by atoms with Gasteiger partial charge in [-0.2, -0.15) is 0 Å². The fraction of sp³-hybridized carbons (Fsp3) is 1.00. The molecule has 0 radical (unpaired) electrons. The Bertz CT molecular complexity index is 217. The molecule has 1 rings (SSSR count). The molecule has 2 N–H and O–H groups in total. The van der Waals surface area contributed by atoms with Crippen LogP contribution in [0.5, 0.6) is 0 Å². The fourth-order valence-corrected chi connectivity index (χ4v) is 3.32. The minimum atomic E-state index is -0.0372. The number of ether oxygens (including phenoxy) is 1. The Morgan fingerprint density at radius 2 is 2.00 bits per heavy atom. The summed E-state index contributed by atoms with van der Waals surface area (Å²) in [5.74, 6) is 0.572. The van der Waals surface area contributed by atoms with Crippen molar-refractivity contribution in [1.29, 1.82) is 0 Å². The van der Waals surface area contributed by atoms with Crippen LogP contribution in [0.3, 0.4) is 0 Å². The van der Waals surface area contributed by atoms with Crippen molar-refractivity contribution in [3.8, 4) is 0 Å². The molecule has 3 nitrogen and oxygen atoms in total. The Morgan fingerprint density at radius 1 is 1.21 bits per heavy atom. The molecular formula is C16H33NO2. The van der Waals surface area contributed by atoms with E-state index >= 15 is 0 Å². The second-order valence-corrected chi connectivity index (χ2v) is 5.97. The van der Waals surface area contributed by atoms with Crippen LogP contribution in [0.1, 0.15) is 64.7 Å². The lowest BCUT2D eigenvalue weighted by atomic mass is 9.86. The third-order valence-electron chi connectivity index (χ3n) is 4.74. The second kappa shape index (κ2) is 9.73. The molecule has 3 heteroatoms. The zero-order chi connectivity index (χ0) is 14.0. The molecule has 0 saturated heterocycles. The Labute approximate surface area is 119 Å². The van der Waals surface area contributed by atoms with E-state index in [0.717, 1.165) is 26.1 Å². The van der Waals surface area contributed by atoms with E-state index in [2.05, 4.69) is 12.2 Å². The van der Waals surface area contributed by atoms with E-state index in [1.807, 2.05) is 7.05 Å². The summed E-state index contributed by atoms with van der Waals surface area (Å²) in [6.45, 7) is 4.25. The molecule has 0 spiro atoms. The van der Waals surface area contributed by atoms with E-state index in [0.29, 0.717) is 5.92 Å². The van der Waals surface area contributed by atoms with Crippen LogP contribution in [0.2, 0.25) is 0 Å². The van der Waals surface area contributed by atoms with Crippen LogP contribution in [0.4, 0.5) is 0 Å². The van der Waals surface area contributed by atoms with Crippen LogP contribution >= 0.6 is 0 Å². The van der Waals surface area contributed by atoms with Gasteiger partial charge in [0.25, 0.3) is 0 Å². The largest absolute Gasteiger partial charge is 0.394 e. The highest BCUT2D eigenvalue weighted by molar-refractivity contribution is 4.97. The third-order valence-corrected chi connectivity index (χ3v) is 4.74. The number of hydrogen-bond acceptors (Lipinski definition) is 3. The molecule has 0 heterocycles. The molecule has 2 unspecified atom stereocenters. The molecule has 0 aromatic rings.